The van der Waals surface area contributed by atoms with E-state index in [4.69, 9.17) is 0 Å². The lowest BCUT2D eigenvalue weighted by atomic mass is 9.88. The van der Waals surface area contributed by atoms with E-state index in [0.29, 0.717) is 5.92 Å². The van der Waals surface area contributed by atoms with Gasteiger partial charge in [0.15, 0.2) is 0 Å². The van der Waals surface area contributed by atoms with Crippen molar-refractivity contribution in [3.05, 3.63) is 30.1 Å². The molecule has 0 radical (unpaired) electrons. The minimum atomic E-state index is -0.147. The molecule has 0 aliphatic heterocycles. The average Bonchev–Trinajstić information content (AvgIpc) is 2.85. The molecule has 2 bridgehead atoms. The van der Waals surface area contributed by atoms with Gasteiger partial charge in [-0.05, 0) is 66.5 Å². The first-order valence-corrected chi connectivity index (χ1v) is 7.35. The van der Waals surface area contributed by atoms with Crippen LogP contribution in [0.15, 0.2) is 24.5 Å². The number of pyridine rings is 1. The average molecular weight is 243 g/mol. The van der Waals surface area contributed by atoms with Gasteiger partial charge in [-0.15, -0.1) is 0 Å². The number of fused-ring (bicyclic) bond motifs is 5. The van der Waals surface area contributed by atoms with Crippen LogP contribution in [-0.2, 0) is 0 Å². The van der Waals surface area contributed by atoms with Crippen molar-refractivity contribution >= 4 is 0 Å². The minimum absolute atomic E-state index is 0.147. The second kappa shape index (κ2) is 3.80. The molecule has 2 heteroatoms. The molecule has 0 aromatic carbocycles. The maximum Gasteiger partial charge on any atom is 0.0639 e. The lowest BCUT2D eigenvalue weighted by molar-refractivity contribution is 0.106. The van der Waals surface area contributed by atoms with Crippen LogP contribution < -0.4 is 0 Å². The Kier molecular flexibility index (Phi) is 2.32. The van der Waals surface area contributed by atoms with Gasteiger partial charge >= 0.3 is 0 Å². The van der Waals surface area contributed by atoms with Crippen LogP contribution in [0, 0.1) is 29.6 Å². The lowest BCUT2D eigenvalue weighted by Gasteiger charge is -2.22. The second-order valence-electron chi connectivity index (χ2n) is 6.63. The number of aliphatic hydroxyl groups is 1. The molecule has 3 aliphatic rings. The van der Waals surface area contributed by atoms with Gasteiger partial charge in [0.1, 0.15) is 0 Å². The Morgan fingerprint density at radius 3 is 2.39 bits per heavy atom. The van der Waals surface area contributed by atoms with Crippen LogP contribution in [0.2, 0.25) is 0 Å². The van der Waals surface area contributed by atoms with Crippen molar-refractivity contribution in [2.24, 2.45) is 29.6 Å². The third-order valence-corrected chi connectivity index (χ3v) is 5.93. The predicted molar refractivity (Wildman–Crippen MR) is 70.0 cm³/mol. The Morgan fingerprint density at radius 1 is 1.17 bits per heavy atom. The fourth-order valence-electron chi connectivity index (χ4n) is 5.05. The highest BCUT2D eigenvalue weighted by Gasteiger charge is 2.67. The van der Waals surface area contributed by atoms with Gasteiger partial charge in [0.2, 0.25) is 0 Å². The predicted octanol–water partition coefficient (Wildman–Crippen LogP) is 2.84. The molecule has 3 aliphatic carbocycles. The Morgan fingerprint density at radius 2 is 1.78 bits per heavy atom. The zero-order chi connectivity index (χ0) is 12.3. The van der Waals surface area contributed by atoms with Gasteiger partial charge < -0.3 is 5.11 Å². The minimum Gasteiger partial charge on any atom is -0.392 e. The zero-order valence-electron chi connectivity index (χ0n) is 10.9. The Labute approximate surface area is 108 Å². The maximum absolute atomic E-state index is 10.7. The van der Waals surface area contributed by atoms with E-state index in [1.54, 1.807) is 0 Å². The summed E-state index contributed by atoms with van der Waals surface area (Å²) >= 11 is 0. The third kappa shape index (κ3) is 1.41. The first kappa shape index (κ1) is 11.0. The second-order valence-corrected chi connectivity index (χ2v) is 6.63. The smallest absolute Gasteiger partial charge is 0.0639 e. The molecule has 2 nitrogen and oxygen atoms in total. The molecule has 3 saturated carbocycles. The number of hydrogen-bond acceptors (Lipinski definition) is 2. The van der Waals surface area contributed by atoms with Crippen LogP contribution in [0.25, 0.3) is 0 Å². The van der Waals surface area contributed by atoms with Crippen LogP contribution in [0.3, 0.4) is 0 Å². The zero-order valence-corrected chi connectivity index (χ0v) is 10.9. The summed E-state index contributed by atoms with van der Waals surface area (Å²) in [7, 11) is 0. The summed E-state index contributed by atoms with van der Waals surface area (Å²) in [6.07, 6.45) is 7.83. The van der Waals surface area contributed by atoms with Gasteiger partial charge in [-0.2, -0.15) is 0 Å². The van der Waals surface area contributed by atoms with Crippen molar-refractivity contribution in [3.8, 4) is 0 Å². The highest BCUT2D eigenvalue weighted by Crippen LogP contribution is 2.71. The summed E-state index contributed by atoms with van der Waals surface area (Å²) in [6, 6.07) is 4.08. The summed E-state index contributed by atoms with van der Waals surface area (Å²) in [4.78, 5) is 4.06. The van der Waals surface area contributed by atoms with E-state index in [1.165, 1.54) is 24.8 Å². The van der Waals surface area contributed by atoms with Crippen molar-refractivity contribution in [2.45, 2.75) is 38.2 Å². The van der Waals surface area contributed by atoms with Crippen LogP contribution in [-0.4, -0.2) is 16.2 Å². The van der Waals surface area contributed by atoms with Crippen molar-refractivity contribution in [1.29, 1.82) is 0 Å². The fraction of sp³-hybridized carbons (Fsp3) is 0.688. The van der Waals surface area contributed by atoms with Crippen molar-refractivity contribution in [3.63, 3.8) is 0 Å². The molecular weight excluding hydrogens is 222 g/mol. The topological polar surface area (TPSA) is 33.1 Å². The summed E-state index contributed by atoms with van der Waals surface area (Å²) in [5.41, 5.74) is 1.23. The summed E-state index contributed by atoms with van der Waals surface area (Å²) in [6.45, 7) is 2.16. The van der Waals surface area contributed by atoms with Gasteiger partial charge in [-0.25, -0.2) is 0 Å². The number of aromatic nitrogens is 1. The molecule has 0 amide bonds. The Hall–Kier alpha value is -0.890. The van der Waals surface area contributed by atoms with Gasteiger partial charge in [0, 0.05) is 18.3 Å². The fourth-order valence-corrected chi connectivity index (χ4v) is 5.05. The highest BCUT2D eigenvalue weighted by atomic mass is 16.3. The van der Waals surface area contributed by atoms with E-state index in [1.807, 2.05) is 24.5 Å². The largest absolute Gasteiger partial charge is 0.392 e. The van der Waals surface area contributed by atoms with E-state index in [0.717, 1.165) is 23.7 Å². The first-order valence-electron chi connectivity index (χ1n) is 7.35. The molecule has 6 atom stereocenters. The van der Waals surface area contributed by atoms with Gasteiger partial charge in [-0.3, -0.25) is 4.98 Å². The van der Waals surface area contributed by atoms with Crippen LogP contribution in [0.4, 0.5) is 0 Å². The quantitative estimate of drug-likeness (QED) is 0.885. The third-order valence-electron chi connectivity index (χ3n) is 5.93. The summed E-state index contributed by atoms with van der Waals surface area (Å²) < 4.78 is 0. The number of hydrogen-bond donors (Lipinski definition) is 1. The summed E-state index contributed by atoms with van der Waals surface area (Å²) in [5.74, 6) is 4.47. The highest BCUT2D eigenvalue weighted by molar-refractivity contribution is 5.21. The van der Waals surface area contributed by atoms with E-state index in [-0.39, 0.29) is 12.0 Å². The molecule has 6 unspecified atom stereocenters. The molecule has 1 N–H and O–H groups in total. The van der Waals surface area contributed by atoms with Gasteiger partial charge in [-0.1, -0.05) is 6.92 Å². The van der Waals surface area contributed by atoms with Crippen LogP contribution in [0.1, 0.15) is 37.7 Å². The molecule has 1 aromatic heterocycles. The number of aliphatic hydroxyl groups excluding tert-OH is 1. The molecule has 0 saturated heterocycles. The molecular formula is C16H21NO. The molecule has 3 fully saturated rings. The van der Waals surface area contributed by atoms with Gasteiger partial charge in [0.05, 0.1) is 6.10 Å². The van der Waals surface area contributed by atoms with Gasteiger partial charge in [0.25, 0.3) is 0 Å². The number of rotatable bonds is 3. The molecule has 0 spiro atoms. The first-order chi connectivity index (χ1) is 8.77. The van der Waals surface area contributed by atoms with Crippen molar-refractivity contribution < 1.29 is 5.11 Å². The molecule has 18 heavy (non-hydrogen) atoms. The Bertz CT molecular complexity index is 430. The molecule has 1 aromatic rings. The normalized spacial score (nSPS) is 43.6. The molecule has 4 rings (SSSR count). The van der Waals surface area contributed by atoms with Crippen LogP contribution in [0.5, 0.6) is 0 Å². The maximum atomic E-state index is 10.7. The monoisotopic (exact) mass is 243 g/mol. The standard InChI is InChI=1S/C16H21NO/c1-9(10-4-6-17-7-5-10)16(18)15-13-11-2-3-12(8-11)14(13)15/h4-7,9,11-16,18H,2-3,8H2,1H3. The van der Waals surface area contributed by atoms with E-state index < -0.39 is 0 Å². The van der Waals surface area contributed by atoms with Crippen molar-refractivity contribution in [2.75, 3.05) is 0 Å². The van der Waals surface area contributed by atoms with E-state index in [9.17, 15) is 5.11 Å². The Balaban J connectivity index is 1.50. The summed E-state index contributed by atoms with van der Waals surface area (Å²) in [5, 5.41) is 10.7. The molecule has 96 valence electrons. The van der Waals surface area contributed by atoms with E-state index in [2.05, 4.69) is 11.9 Å². The number of nitrogens with zero attached hydrogens (tertiary/aromatic N) is 1. The van der Waals surface area contributed by atoms with Crippen molar-refractivity contribution in [1.82, 2.24) is 4.98 Å². The molecule has 1 heterocycles. The van der Waals surface area contributed by atoms with E-state index >= 15 is 0 Å². The van der Waals surface area contributed by atoms with Crippen LogP contribution >= 0.6 is 0 Å². The lowest BCUT2D eigenvalue weighted by Crippen LogP contribution is -2.22. The SMILES string of the molecule is CC(c1ccncc1)C(O)C1C2C3CCC(C3)C21.